The second-order valence-electron chi connectivity index (χ2n) is 6.38. The minimum absolute atomic E-state index is 0.114. The Morgan fingerprint density at radius 2 is 2.10 bits per heavy atom. The number of likely N-dealkylation sites (N-methyl/N-ethyl adjacent to an activating group) is 1. The van der Waals surface area contributed by atoms with E-state index in [0.29, 0.717) is 6.04 Å². The van der Waals surface area contributed by atoms with Gasteiger partial charge in [-0.2, -0.15) is 0 Å². The summed E-state index contributed by atoms with van der Waals surface area (Å²) in [6.45, 7) is 6.00. The van der Waals surface area contributed by atoms with Gasteiger partial charge in [-0.15, -0.1) is 0 Å². The molecule has 0 spiro atoms. The van der Waals surface area contributed by atoms with Crippen LogP contribution >= 0.6 is 0 Å². The summed E-state index contributed by atoms with van der Waals surface area (Å²) in [5.74, 6) is -0.114. The Morgan fingerprint density at radius 3 is 2.71 bits per heavy atom. The molecule has 1 saturated heterocycles. The molecule has 1 heterocycles. The molecular weight excluding hydrogens is 265 g/mol. The van der Waals surface area contributed by atoms with Crippen molar-refractivity contribution in [3.8, 4) is 0 Å². The fraction of sp³-hybridized carbons (Fsp3) is 0.647. The Hall–Kier alpha value is -1.13. The van der Waals surface area contributed by atoms with Crippen LogP contribution in [0.25, 0.3) is 0 Å². The van der Waals surface area contributed by atoms with Crippen molar-refractivity contribution in [2.75, 3.05) is 39.1 Å². The monoisotopic (exact) mass is 293 g/mol. The summed E-state index contributed by atoms with van der Waals surface area (Å²) in [6, 6.07) is 4.43. The van der Waals surface area contributed by atoms with Gasteiger partial charge in [0.15, 0.2) is 0 Å². The van der Waals surface area contributed by atoms with Crippen molar-refractivity contribution in [1.29, 1.82) is 0 Å². The average molecular weight is 293 g/mol. The van der Waals surface area contributed by atoms with Gasteiger partial charge in [0.2, 0.25) is 0 Å². The fourth-order valence-electron chi connectivity index (χ4n) is 3.05. The van der Waals surface area contributed by atoms with Crippen LogP contribution in [0.5, 0.6) is 0 Å². The third-order valence-electron chi connectivity index (χ3n) is 4.67. The Labute approximate surface area is 128 Å². The lowest BCUT2D eigenvalue weighted by Gasteiger charge is -2.39. The first-order valence-electron chi connectivity index (χ1n) is 7.82. The van der Waals surface area contributed by atoms with Crippen molar-refractivity contribution in [3.63, 3.8) is 0 Å². The normalized spacial score (nSPS) is 20.9. The van der Waals surface area contributed by atoms with E-state index in [9.17, 15) is 4.39 Å². The highest BCUT2D eigenvalue weighted by Crippen LogP contribution is 2.31. The van der Waals surface area contributed by atoms with Crippen LogP contribution in [0.2, 0.25) is 0 Å². The van der Waals surface area contributed by atoms with Crippen LogP contribution < -0.4 is 10.2 Å². The number of nitrogens with zero attached hydrogens (tertiary/aromatic N) is 2. The Kier molecular flexibility index (Phi) is 5.22. The number of nitrogens with one attached hydrogen (secondary N) is 1. The van der Waals surface area contributed by atoms with Crippen molar-refractivity contribution in [3.05, 3.63) is 29.1 Å². The van der Waals surface area contributed by atoms with Crippen molar-refractivity contribution >= 4 is 5.69 Å². The highest BCUT2D eigenvalue weighted by atomic mass is 19.1. The van der Waals surface area contributed by atoms with Crippen molar-refractivity contribution in [1.82, 2.24) is 10.2 Å². The maximum atomic E-state index is 14.0. The summed E-state index contributed by atoms with van der Waals surface area (Å²) < 4.78 is 14.0. The fourth-order valence-corrected chi connectivity index (χ4v) is 3.05. The zero-order chi connectivity index (χ0) is 15.6. The number of piperidine rings is 1. The van der Waals surface area contributed by atoms with Gasteiger partial charge in [0.05, 0.1) is 0 Å². The Balaban J connectivity index is 2.35. The maximum absolute atomic E-state index is 14.0. The van der Waals surface area contributed by atoms with Gasteiger partial charge in [-0.25, -0.2) is 4.39 Å². The summed E-state index contributed by atoms with van der Waals surface area (Å²) in [5.41, 5.74) is 2.96. The van der Waals surface area contributed by atoms with Crippen LogP contribution in [0.15, 0.2) is 12.1 Å². The minimum atomic E-state index is -0.114. The number of benzene rings is 1. The number of anilines is 1. The predicted octanol–water partition coefficient (Wildman–Crippen LogP) is 2.94. The maximum Gasteiger partial charge on any atom is 0.126 e. The van der Waals surface area contributed by atoms with E-state index < -0.39 is 0 Å². The summed E-state index contributed by atoms with van der Waals surface area (Å²) in [4.78, 5) is 4.72. The zero-order valence-corrected chi connectivity index (χ0v) is 13.9. The molecule has 0 amide bonds. The SMILES string of the molecule is CNC(C)c1cc(F)c(C)cc1N1CCCC(N(C)C)C1. The van der Waals surface area contributed by atoms with E-state index in [0.717, 1.165) is 24.2 Å². The molecule has 1 aliphatic rings. The van der Waals surface area contributed by atoms with Crippen LogP contribution in [-0.4, -0.2) is 45.2 Å². The molecule has 1 fully saturated rings. The van der Waals surface area contributed by atoms with Crippen molar-refractivity contribution in [2.24, 2.45) is 0 Å². The predicted molar refractivity (Wildman–Crippen MR) is 87.5 cm³/mol. The minimum Gasteiger partial charge on any atom is -0.370 e. The third kappa shape index (κ3) is 3.55. The summed E-state index contributed by atoms with van der Waals surface area (Å²) in [6.07, 6.45) is 2.42. The van der Waals surface area contributed by atoms with E-state index in [1.54, 1.807) is 6.07 Å². The first-order valence-corrected chi connectivity index (χ1v) is 7.82. The molecule has 2 atom stereocenters. The van der Waals surface area contributed by atoms with Gasteiger partial charge in [0, 0.05) is 30.9 Å². The molecule has 0 radical (unpaired) electrons. The summed E-state index contributed by atoms with van der Waals surface area (Å²) in [7, 11) is 6.20. The van der Waals surface area contributed by atoms with Gasteiger partial charge >= 0.3 is 0 Å². The standard InChI is InChI=1S/C17H28FN3/c1-12-9-17(15(10-16(12)18)13(2)19-3)21-8-6-7-14(11-21)20(4)5/h9-10,13-14,19H,6-8,11H2,1-5H3. The highest BCUT2D eigenvalue weighted by Gasteiger charge is 2.24. The number of hydrogen-bond donors (Lipinski definition) is 1. The first-order chi connectivity index (χ1) is 9.93. The summed E-state index contributed by atoms with van der Waals surface area (Å²) in [5, 5.41) is 3.24. The molecule has 1 aromatic carbocycles. The Morgan fingerprint density at radius 1 is 1.38 bits per heavy atom. The van der Waals surface area contributed by atoms with E-state index in [1.165, 1.54) is 18.5 Å². The second kappa shape index (κ2) is 6.75. The average Bonchev–Trinajstić information content (AvgIpc) is 2.48. The molecule has 0 aliphatic carbocycles. The lowest BCUT2D eigenvalue weighted by Crippen LogP contribution is -2.45. The van der Waals surface area contributed by atoms with E-state index in [4.69, 9.17) is 0 Å². The molecule has 118 valence electrons. The Bertz CT molecular complexity index is 487. The van der Waals surface area contributed by atoms with Gasteiger partial charge in [-0.1, -0.05) is 0 Å². The third-order valence-corrected chi connectivity index (χ3v) is 4.67. The molecule has 1 aromatic rings. The lowest BCUT2D eigenvalue weighted by molar-refractivity contribution is 0.258. The highest BCUT2D eigenvalue weighted by molar-refractivity contribution is 5.57. The number of halogens is 1. The molecular formula is C17H28FN3. The quantitative estimate of drug-likeness (QED) is 0.921. The molecule has 0 bridgehead atoms. The van der Waals surface area contributed by atoms with Crippen LogP contribution in [0.3, 0.4) is 0 Å². The number of rotatable bonds is 4. The number of aryl methyl sites for hydroxylation is 1. The van der Waals surface area contributed by atoms with Crippen molar-refractivity contribution < 1.29 is 4.39 Å². The van der Waals surface area contributed by atoms with Crippen LogP contribution in [0.4, 0.5) is 10.1 Å². The molecule has 1 aliphatic heterocycles. The molecule has 2 unspecified atom stereocenters. The number of hydrogen-bond acceptors (Lipinski definition) is 3. The van der Waals surface area contributed by atoms with Gasteiger partial charge < -0.3 is 15.1 Å². The van der Waals surface area contributed by atoms with E-state index >= 15 is 0 Å². The van der Waals surface area contributed by atoms with E-state index in [-0.39, 0.29) is 11.9 Å². The largest absolute Gasteiger partial charge is 0.370 e. The smallest absolute Gasteiger partial charge is 0.126 e. The van der Waals surface area contributed by atoms with Crippen LogP contribution in [0, 0.1) is 12.7 Å². The van der Waals surface area contributed by atoms with Crippen LogP contribution in [-0.2, 0) is 0 Å². The van der Waals surface area contributed by atoms with Crippen molar-refractivity contribution in [2.45, 2.75) is 38.8 Å². The van der Waals surface area contributed by atoms with Gasteiger partial charge in [0.25, 0.3) is 0 Å². The molecule has 4 heteroatoms. The van der Waals surface area contributed by atoms with Crippen LogP contribution in [0.1, 0.15) is 36.9 Å². The topological polar surface area (TPSA) is 18.5 Å². The molecule has 3 nitrogen and oxygen atoms in total. The molecule has 1 N–H and O–H groups in total. The summed E-state index contributed by atoms with van der Waals surface area (Å²) >= 11 is 0. The lowest BCUT2D eigenvalue weighted by atomic mass is 9.98. The molecule has 0 saturated carbocycles. The molecule has 2 rings (SSSR count). The van der Waals surface area contributed by atoms with Gasteiger partial charge in [-0.05, 0) is 71.1 Å². The van der Waals surface area contributed by atoms with Gasteiger partial charge in [0.1, 0.15) is 5.82 Å². The van der Waals surface area contributed by atoms with E-state index in [1.807, 2.05) is 20.0 Å². The van der Waals surface area contributed by atoms with Gasteiger partial charge in [-0.3, -0.25) is 0 Å². The first kappa shape index (κ1) is 16.2. The second-order valence-corrected chi connectivity index (χ2v) is 6.38. The van der Waals surface area contributed by atoms with E-state index in [2.05, 4.69) is 36.1 Å². The molecule has 21 heavy (non-hydrogen) atoms. The zero-order valence-electron chi connectivity index (χ0n) is 13.9. The molecule has 0 aromatic heterocycles.